The molecule has 3 rings (SSSR count). The minimum absolute atomic E-state index is 0.0732. The van der Waals surface area contributed by atoms with Crippen molar-refractivity contribution in [3.8, 4) is 16.2 Å². The van der Waals surface area contributed by atoms with Crippen molar-refractivity contribution in [2.75, 3.05) is 13.2 Å². The van der Waals surface area contributed by atoms with Gasteiger partial charge in [0.25, 0.3) is 5.91 Å². The maximum atomic E-state index is 12.6. The molecule has 0 aliphatic carbocycles. The summed E-state index contributed by atoms with van der Waals surface area (Å²) in [6.07, 6.45) is 1.76. The molecule has 1 amide bonds. The molecule has 0 aliphatic rings. The van der Waals surface area contributed by atoms with Crippen LogP contribution in [0.4, 0.5) is 0 Å². The zero-order valence-corrected chi connectivity index (χ0v) is 16.6. The van der Waals surface area contributed by atoms with Crippen LogP contribution in [0.5, 0.6) is 5.75 Å². The number of nitrogens with one attached hydrogen (secondary N) is 1. The van der Waals surface area contributed by atoms with Gasteiger partial charge in [0, 0.05) is 28.9 Å². The number of hydrogen-bond donors (Lipinski definition) is 1. The van der Waals surface area contributed by atoms with E-state index in [9.17, 15) is 4.79 Å². The maximum absolute atomic E-state index is 12.6. The molecule has 0 fully saturated rings. The molecule has 1 aromatic carbocycles. The van der Waals surface area contributed by atoms with Crippen molar-refractivity contribution in [3.05, 3.63) is 57.4 Å². The molecule has 0 spiro atoms. The number of carbonyl (C=O) groups excluding carboxylic acids is 1. The van der Waals surface area contributed by atoms with Crippen LogP contribution < -0.4 is 10.1 Å². The Morgan fingerprint density at radius 3 is 2.77 bits per heavy atom. The summed E-state index contributed by atoms with van der Waals surface area (Å²) < 4.78 is 5.68. The molecular formula is C20H22N2O2S2. The third-order valence-electron chi connectivity index (χ3n) is 3.78. The Kier molecular flexibility index (Phi) is 6.41. The fourth-order valence-electron chi connectivity index (χ4n) is 2.58. The van der Waals surface area contributed by atoms with Gasteiger partial charge in [-0.05, 0) is 31.9 Å². The topological polar surface area (TPSA) is 51.2 Å². The predicted octanol–water partition coefficient (Wildman–Crippen LogP) is 4.94. The lowest BCUT2D eigenvalue weighted by Crippen LogP contribution is -2.24. The van der Waals surface area contributed by atoms with E-state index in [4.69, 9.17) is 4.74 Å². The number of amides is 1. The van der Waals surface area contributed by atoms with Crippen LogP contribution in [0.1, 0.15) is 33.7 Å². The van der Waals surface area contributed by atoms with E-state index in [-0.39, 0.29) is 5.91 Å². The molecule has 0 unspecified atom stereocenters. The zero-order valence-electron chi connectivity index (χ0n) is 15.0. The van der Waals surface area contributed by atoms with Gasteiger partial charge in [0.05, 0.1) is 11.6 Å². The molecule has 2 heterocycles. The van der Waals surface area contributed by atoms with Crippen LogP contribution in [0.2, 0.25) is 0 Å². The Morgan fingerprint density at radius 1 is 1.27 bits per heavy atom. The van der Waals surface area contributed by atoms with E-state index < -0.39 is 0 Å². The van der Waals surface area contributed by atoms with Crippen LogP contribution in [-0.4, -0.2) is 24.0 Å². The van der Waals surface area contributed by atoms with Gasteiger partial charge in [-0.3, -0.25) is 4.79 Å². The second-order valence-electron chi connectivity index (χ2n) is 5.85. The van der Waals surface area contributed by atoms with Gasteiger partial charge in [0.1, 0.15) is 10.6 Å². The fraction of sp³-hybridized carbons (Fsp3) is 0.300. The lowest BCUT2D eigenvalue weighted by molar-refractivity contribution is 0.0954. The zero-order chi connectivity index (χ0) is 18.4. The number of nitrogens with zero attached hydrogens (tertiary/aromatic N) is 1. The highest BCUT2D eigenvalue weighted by Crippen LogP contribution is 2.36. The van der Waals surface area contributed by atoms with Crippen LogP contribution in [0, 0.1) is 6.92 Å². The first-order valence-corrected chi connectivity index (χ1v) is 10.4. The number of hydrogen-bond acceptors (Lipinski definition) is 5. The van der Waals surface area contributed by atoms with Crippen molar-refractivity contribution < 1.29 is 9.53 Å². The van der Waals surface area contributed by atoms with Gasteiger partial charge in [0.15, 0.2) is 0 Å². The Bertz CT molecular complexity index is 856. The second-order valence-corrected chi connectivity index (χ2v) is 7.84. The molecule has 136 valence electrons. The highest BCUT2D eigenvalue weighted by atomic mass is 32.1. The monoisotopic (exact) mass is 386 g/mol. The quantitative estimate of drug-likeness (QED) is 0.558. The molecule has 26 heavy (non-hydrogen) atoms. The van der Waals surface area contributed by atoms with E-state index in [1.54, 1.807) is 11.3 Å². The largest absolute Gasteiger partial charge is 0.492 e. The van der Waals surface area contributed by atoms with Crippen molar-refractivity contribution in [2.45, 2.75) is 26.7 Å². The van der Waals surface area contributed by atoms with E-state index in [0.717, 1.165) is 34.0 Å². The van der Waals surface area contributed by atoms with E-state index in [0.29, 0.717) is 23.8 Å². The molecule has 0 bridgehead atoms. The first-order valence-electron chi connectivity index (χ1n) is 8.68. The molecule has 0 radical (unpaired) electrons. The highest BCUT2D eigenvalue weighted by Gasteiger charge is 2.18. The van der Waals surface area contributed by atoms with Gasteiger partial charge in [-0.15, -0.1) is 22.7 Å². The highest BCUT2D eigenvalue weighted by molar-refractivity contribution is 7.17. The van der Waals surface area contributed by atoms with Gasteiger partial charge in [-0.1, -0.05) is 30.3 Å². The predicted molar refractivity (Wildman–Crippen MR) is 108 cm³/mol. The third-order valence-corrected chi connectivity index (χ3v) is 5.97. The first-order chi connectivity index (χ1) is 12.7. The summed E-state index contributed by atoms with van der Waals surface area (Å²) in [6, 6.07) is 12.0. The van der Waals surface area contributed by atoms with Crippen molar-refractivity contribution in [1.29, 1.82) is 0 Å². The lowest BCUT2D eigenvalue weighted by atomic mass is 10.2. The number of rotatable bonds is 8. The molecule has 6 heteroatoms. The van der Waals surface area contributed by atoms with E-state index in [1.165, 1.54) is 11.3 Å². The Hall–Kier alpha value is -2.18. The summed E-state index contributed by atoms with van der Waals surface area (Å²) in [4.78, 5) is 18.7. The number of carbonyl (C=O) groups is 1. The standard InChI is InChI=1S/C20H22N2O2S2/c1-3-24-16-12-17(15-8-5-4-6-9-15)26-19(16)20(23)21-11-7-10-18-22-14(2)13-25-18/h4-6,8-9,12-13H,3,7,10-11H2,1-2H3,(H,21,23). The maximum Gasteiger partial charge on any atom is 0.265 e. The average molecular weight is 387 g/mol. The second kappa shape index (κ2) is 8.96. The molecular weight excluding hydrogens is 364 g/mol. The van der Waals surface area contributed by atoms with E-state index >= 15 is 0 Å². The van der Waals surface area contributed by atoms with E-state index in [1.807, 2.05) is 50.2 Å². The fourth-order valence-corrected chi connectivity index (χ4v) is 4.42. The molecule has 1 N–H and O–H groups in total. The summed E-state index contributed by atoms with van der Waals surface area (Å²) in [5.74, 6) is 0.584. The minimum Gasteiger partial charge on any atom is -0.492 e. The molecule has 0 saturated carbocycles. The van der Waals surface area contributed by atoms with Crippen LogP contribution >= 0.6 is 22.7 Å². The van der Waals surface area contributed by atoms with Gasteiger partial charge in [0.2, 0.25) is 0 Å². The number of aryl methyl sites for hydroxylation is 2. The minimum atomic E-state index is -0.0732. The van der Waals surface area contributed by atoms with Crippen LogP contribution in [0.3, 0.4) is 0 Å². The molecule has 3 aromatic rings. The molecule has 2 aromatic heterocycles. The first kappa shape index (κ1) is 18.6. The summed E-state index contributed by atoms with van der Waals surface area (Å²) in [5.41, 5.74) is 2.15. The van der Waals surface area contributed by atoms with Crippen molar-refractivity contribution in [3.63, 3.8) is 0 Å². The van der Waals surface area contributed by atoms with Gasteiger partial charge in [-0.2, -0.15) is 0 Å². The van der Waals surface area contributed by atoms with Crippen molar-refractivity contribution >= 4 is 28.6 Å². The summed E-state index contributed by atoms with van der Waals surface area (Å²) in [7, 11) is 0. The SMILES string of the molecule is CCOc1cc(-c2ccccc2)sc1C(=O)NCCCc1nc(C)cs1. The Balaban J connectivity index is 1.63. The third kappa shape index (κ3) is 4.71. The van der Waals surface area contributed by atoms with Gasteiger partial charge >= 0.3 is 0 Å². The van der Waals surface area contributed by atoms with Crippen molar-refractivity contribution in [1.82, 2.24) is 10.3 Å². The smallest absolute Gasteiger partial charge is 0.265 e. The van der Waals surface area contributed by atoms with Crippen LogP contribution in [0.15, 0.2) is 41.8 Å². The number of thiazole rings is 1. The van der Waals surface area contributed by atoms with E-state index in [2.05, 4.69) is 15.7 Å². The summed E-state index contributed by atoms with van der Waals surface area (Å²) in [6.45, 7) is 5.09. The molecule has 4 nitrogen and oxygen atoms in total. The summed E-state index contributed by atoms with van der Waals surface area (Å²) >= 11 is 3.14. The summed E-state index contributed by atoms with van der Waals surface area (Å²) in [5, 5.41) is 6.18. The van der Waals surface area contributed by atoms with Crippen LogP contribution in [-0.2, 0) is 6.42 Å². The molecule has 0 saturated heterocycles. The van der Waals surface area contributed by atoms with Crippen molar-refractivity contribution in [2.24, 2.45) is 0 Å². The van der Waals surface area contributed by atoms with Crippen LogP contribution in [0.25, 0.3) is 10.4 Å². The molecule has 0 aliphatic heterocycles. The lowest BCUT2D eigenvalue weighted by Gasteiger charge is -2.06. The number of thiophene rings is 1. The Morgan fingerprint density at radius 2 is 2.08 bits per heavy atom. The molecule has 0 atom stereocenters. The Labute approximate surface area is 161 Å². The van der Waals surface area contributed by atoms with Gasteiger partial charge < -0.3 is 10.1 Å². The normalized spacial score (nSPS) is 10.7. The number of benzene rings is 1. The number of aromatic nitrogens is 1. The average Bonchev–Trinajstić information content (AvgIpc) is 3.26. The number of ether oxygens (including phenoxy) is 1. The van der Waals surface area contributed by atoms with Gasteiger partial charge in [-0.25, -0.2) is 4.98 Å².